The van der Waals surface area contributed by atoms with E-state index in [2.05, 4.69) is 21.1 Å². The molecule has 7 nitrogen and oxygen atoms in total. The van der Waals surface area contributed by atoms with E-state index >= 15 is 0 Å². The molecule has 0 saturated heterocycles. The Morgan fingerprint density at radius 2 is 1.39 bits per heavy atom. The van der Waals surface area contributed by atoms with E-state index in [0.29, 0.717) is 4.48 Å². The summed E-state index contributed by atoms with van der Waals surface area (Å²) in [4.78, 5) is 17.0. The molecule has 112 valence electrons. The standard InChI is InChI=1S/C5H14NO4P.C5H14NO/c1-6(2,3)4-5(7)11(8,9)10;1-6(2,3)4-5-7/h5,7H,4H2,1-3H3,(H-,8,9,10);7H,4-5H2,1-3H3/q;+1/p+1. The van der Waals surface area contributed by atoms with Gasteiger partial charge in [-0.15, -0.1) is 0 Å². The maximum Gasteiger partial charge on any atom is 0.359 e. The summed E-state index contributed by atoms with van der Waals surface area (Å²) >= 11 is 0. The topological polar surface area (TPSA) is 98.0 Å². The SMILES string of the molecule is C[N+](C)(C)CC(O)P(=O)(O)O.C[N+](C)(C)CCO. The zero-order valence-corrected chi connectivity index (χ0v) is 13.1. The highest BCUT2D eigenvalue weighted by atomic mass is 31.2. The van der Waals surface area contributed by atoms with E-state index in [0.717, 1.165) is 11.0 Å². The Bertz CT molecular complexity index is 266. The van der Waals surface area contributed by atoms with Crippen LogP contribution in [0.2, 0.25) is 0 Å². The third-order valence-electron chi connectivity index (χ3n) is 1.87. The Morgan fingerprint density at radius 3 is 1.44 bits per heavy atom. The molecule has 0 aromatic carbocycles. The molecule has 1 unspecified atom stereocenters. The van der Waals surface area contributed by atoms with Crippen LogP contribution in [-0.4, -0.2) is 96.8 Å². The van der Waals surface area contributed by atoms with Crippen molar-refractivity contribution in [2.75, 3.05) is 62.0 Å². The lowest BCUT2D eigenvalue weighted by Gasteiger charge is -2.26. The first-order chi connectivity index (χ1) is 7.69. The van der Waals surface area contributed by atoms with Crippen LogP contribution in [0.1, 0.15) is 0 Å². The summed E-state index contributed by atoms with van der Waals surface area (Å²) in [5, 5.41) is 17.3. The van der Waals surface area contributed by atoms with Crippen molar-refractivity contribution in [2.45, 2.75) is 5.85 Å². The lowest BCUT2D eigenvalue weighted by Crippen LogP contribution is -2.41. The van der Waals surface area contributed by atoms with Gasteiger partial charge >= 0.3 is 7.60 Å². The number of nitrogens with zero attached hydrogens (tertiary/aromatic N) is 2. The second-order valence-electron chi connectivity index (χ2n) is 6.28. The average molecular weight is 288 g/mol. The minimum Gasteiger partial charge on any atom is -0.391 e. The molecule has 0 aliphatic carbocycles. The largest absolute Gasteiger partial charge is 0.391 e. The zero-order valence-electron chi connectivity index (χ0n) is 12.2. The average Bonchev–Trinajstić information content (AvgIpc) is 1.96. The summed E-state index contributed by atoms with van der Waals surface area (Å²) in [6.07, 6.45) is 0. The van der Waals surface area contributed by atoms with Crippen LogP contribution in [-0.2, 0) is 4.57 Å². The van der Waals surface area contributed by atoms with Crippen molar-refractivity contribution in [3.63, 3.8) is 0 Å². The predicted molar refractivity (Wildman–Crippen MR) is 70.9 cm³/mol. The van der Waals surface area contributed by atoms with E-state index in [1.54, 1.807) is 21.1 Å². The molecule has 0 amide bonds. The summed E-state index contributed by atoms with van der Waals surface area (Å²) in [6.45, 7) is 1.16. The number of quaternary nitrogens is 2. The van der Waals surface area contributed by atoms with Crippen molar-refractivity contribution in [2.24, 2.45) is 0 Å². The van der Waals surface area contributed by atoms with Crippen LogP contribution in [0.4, 0.5) is 0 Å². The second-order valence-corrected chi connectivity index (χ2v) is 8.05. The number of aliphatic hydroxyl groups excluding tert-OH is 2. The molecule has 0 spiro atoms. The maximum atomic E-state index is 10.4. The molecule has 0 bridgehead atoms. The molecule has 0 radical (unpaired) electrons. The summed E-state index contributed by atoms with van der Waals surface area (Å²) in [5.74, 6) is -1.55. The van der Waals surface area contributed by atoms with Gasteiger partial charge in [-0.25, -0.2) is 0 Å². The molecule has 0 aromatic rings. The summed E-state index contributed by atoms with van der Waals surface area (Å²) in [7, 11) is 7.09. The normalized spacial score (nSPS) is 14.8. The Balaban J connectivity index is 0. The van der Waals surface area contributed by atoms with Crippen LogP contribution in [0.15, 0.2) is 0 Å². The van der Waals surface area contributed by atoms with Gasteiger partial charge in [-0.3, -0.25) is 4.57 Å². The molecule has 0 aromatic heterocycles. The van der Waals surface area contributed by atoms with Gasteiger partial charge in [-0.05, 0) is 0 Å². The first-order valence-electron chi connectivity index (χ1n) is 5.64. The maximum absolute atomic E-state index is 10.4. The van der Waals surface area contributed by atoms with Crippen molar-refractivity contribution in [3.05, 3.63) is 0 Å². The number of hydrogen-bond donors (Lipinski definition) is 4. The van der Waals surface area contributed by atoms with E-state index in [9.17, 15) is 4.57 Å². The van der Waals surface area contributed by atoms with Crippen molar-refractivity contribution < 1.29 is 33.5 Å². The first-order valence-corrected chi connectivity index (χ1v) is 7.32. The highest BCUT2D eigenvalue weighted by Gasteiger charge is 2.31. The van der Waals surface area contributed by atoms with E-state index in [1.165, 1.54) is 0 Å². The molecule has 0 fully saturated rings. The van der Waals surface area contributed by atoms with Gasteiger partial charge in [0.2, 0.25) is 5.85 Å². The molecule has 0 rings (SSSR count). The van der Waals surface area contributed by atoms with Crippen LogP contribution in [0.25, 0.3) is 0 Å². The lowest BCUT2D eigenvalue weighted by atomic mass is 10.5. The first kappa shape index (κ1) is 20.3. The fraction of sp³-hybridized carbons (Fsp3) is 1.00. The van der Waals surface area contributed by atoms with Gasteiger partial charge in [0.15, 0.2) is 0 Å². The second kappa shape index (κ2) is 7.55. The monoisotopic (exact) mass is 288 g/mol. The highest BCUT2D eigenvalue weighted by Crippen LogP contribution is 2.39. The third kappa shape index (κ3) is 16.0. The van der Waals surface area contributed by atoms with E-state index in [-0.39, 0.29) is 13.2 Å². The summed E-state index contributed by atoms with van der Waals surface area (Å²) in [5.41, 5.74) is 0. The Morgan fingerprint density at radius 1 is 1.00 bits per heavy atom. The Kier molecular flexibility index (Phi) is 8.52. The molecule has 0 aliphatic heterocycles. The molecule has 0 aliphatic rings. The van der Waals surface area contributed by atoms with Gasteiger partial charge in [0.1, 0.15) is 13.1 Å². The fourth-order valence-electron chi connectivity index (χ4n) is 0.896. The van der Waals surface area contributed by atoms with Crippen LogP contribution in [0.5, 0.6) is 0 Å². The van der Waals surface area contributed by atoms with Crippen LogP contribution < -0.4 is 0 Å². The Labute approximate surface area is 110 Å². The molecular formula is C10H29N2O5P+2. The number of likely N-dealkylation sites (N-methyl/N-ethyl adjacent to an activating group) is 2. The van der Waals surface area contributed by atoms with E-state index < -0.39 is 13.4 Å². The van der Waals surface area contributed by atoms with Gasteiger partial charge in [0.05, 0.1) is 48.9 Å². The van der Waals surface area contributed by atoms with Crippen molar-refractivity contribution >= 4 is 7.60 Å². The molecule has 18 heavy (non-hydrogen) atoms. The minimum absolute atomic E-state index is 0.0459. The highest BCUT2D eigenvalue weighted by molar-refractivity contribution is 7.52. The number of hydrogen-bond acceptors (Lipinski definition) is 3. The zero-order chi connectivity index (χ0) is 15.2. The van der Waals surface area contributed by atoms with E-state index in [1.807, 2.05) is 0 Å². The molecule has 0 saturated carbocycles. The third-order valence-corrected chi connectivity index (χ3v) is 2.81. The molecular weight excluding hydrogens is 259 g/mol. The summed E-state index contributed by atoms with van der Waals surface area (Å²) in [6, 6.07) is 0. The van der Waals surface area contributed by atoms with Gasteiger partial charge < -0.3 is 29.0 Å². The minimum atomic E-state index is -4.31. The number of rotatable bonds is 5. The van der Waals surface area contributed by atoms with Gasteiger partial charge in [-0.2, -0.15) is 0 Å². The molecule has 4 N–H and O–H groups in total. The fourth-order valence-corrected chi connectivity index (χ4v) is 1.60. The lowest BCUT2D eigenvalue weighted by molar-refractivity contribution is -0.872. The predicted octanol–water partition coefficient (Wildman–Crippen LogP) is -1.13. The Hall–Kier alpha value is -0.0100. The smallest absolute Gasteiger partial charge is 0.359 e. The quantitative estimate of drug-likeness (QED) is 0.379. The van der Waals surface area contributed by atoms with Crippen molar-refractivity contribution in [1.29, 1.82) is 0 Å². The van der Waals surface area contributed by atoms with Gasteiger partial charge in [-0.1, -0.05) is 0 Å². The molecule has 8 heteroatoms. The van der Waals surface area contributed by atoms with Crippen molar-refractivity contribution in [1.82, 2.24) is 0 Å². The van der Waals surface area contributed by atoms with Crippen LogP contribution in [0, 0.1) is 0 Å². The summed E-state index contributed by atoms with van der Waals surface area (Å²) < 4.78 is 11.6. The molecule has 1 atom stereocenters. The van der Waals surface area contributed by atoms with Crippen molar-refractivity contribution in [3.8, 4) is 0 Å². The van der Waals surface area contributed by atoms with Crippen LogP contribution >= 0.6 is 7.60 Å². The molecule has 0 heterocycles. The van der Waals surface area contributed by atoms with Gasteiger partial charge in [0.25, 0.3) is 0 Å². The van der Waals surface area contributed by atoms with E-state index in [4.69, 9.17) is 20.0 Å². The number of aliphatic hydroxyl groups is 2. The van der Waals surface area contributed by atoms with Gasteiger partial charge in [0, 0.05) is 0 Å². The van der Waals surface area contributed by atoms with Crippen LogP contribution in [0.3, 0.4) is 0 Å².